The van der Waals surface area contributed by atoms with Gasteiger partial charge in [0.05, 0.1) is 0 Å². The number of aromatic nitrogens is 1. The largest absolute Gasteiger partial charge is 0.353 e. The molecule has 1 saturated heterocycles. The highest BCUT2D eigenvalue weighted by molar-refractivity contribution is 5.92. The summed E-state index contributed by atoms with van der Waals surface area (Å²) in [6.45, 7) is 2.85. The highest BCUT2D eigenvalue weighted by atomic mass is 16.2. The van der Waals surface area contributed by atoms with Crippen molar-refractivity contribution >= 4 is 11.8 Å². The first-order valence-electron chi connectivity index (χ1n) is 6.14. The molecular weight excluding hydrogens is 230 g/mol. The van der Waals surface area contributed by atoms with Crippen LogP contribution in [-0.2, 0) is 4.79 Å². The van der Waals surface area contributed by atoms with Gasteiger partial charge >= 0.3 is 0 Å². The monoisotopic (exact) mass is 247 g/mol. The van der Waals surface area contributed by atoms with Crippen LogP contribution in [0.4, 0.5) is 0 Å². The lowest BCUT2D eigenvalue weighted by Crippen LogP contribution is -2.46. The van der Waals surface area contributed by atoms with Crippen molar-refractivity contribution in [1.29, 1.82) is 0 Å². The number of piperidine rings is 1. The third-order valence-corrected chi connectivity index (χ3v) is 3.07. The fourth-order valence-electron chi connectivity index (χ4n) is 2.17. The molecule has 1 aromatic rings. The van der Waals surface area contributed by atoms with Gasteiger partial charge in [0.15, 0.2) is 0 Å². The zero-order valence-electron chi connectivity index (χ0n) is 10.4. The van der Waals surface area contributed by atoms with Crippen molar-refractivity contribution in [3.63, 3.8) is 0 Å². The van der Waals surface area contributed by atoms with E-state index in [0.717, 1.165) is 12.8 Å². The average Bonchev–Trinajstić information content (AvgIpc) is 2.39. The van der Waals surface area contributed by atoms with E-state index in [1.54, 1.807) is 23.2 Å². The standard InChI is InChI=1S/C13H17N3O2/c1-10(17)15-11-5-8-16(9-6-11)13(18)12-4-2-3-7-14-12/h2-4,7,11H,5-6,8-9H2,1H3,(H,15,17). The lowest BCUT2D eigenvalue weighted by atomic mass is 10.0. The van der Waals surface area contributed by atoms with E-state index >= 15 is 0 Å². The van der Waals surface area contributed by atoms with Crippen molar-refractivity contribution in [2.45, 2.75) is 25.8 Å². The number of rotatable bonds is 2. The SMILES string of the molecule is CC(=O)NC1CCN(C(=O)c2ccccn2)CC1. The van der Waals surface area contributed by atoms with Crippen molar-refractivity contribution < 1.29 is 9.59 Å². The smallest absolute Gasteiger partial charge is 0.272 e. The summed E-state index contributed by atoms with van der Waals surface area (Å²) in [4.78, 5) is 28.9. The molecule has 2 amide bonds. The predicted molar refractivity (Wildman–Crippen MR) is 67.0 cm³/mol. The molecule has 96 valence electrons. The zero-order valence-corrected chi connectivity index (χ0v) is 10.4. The van der Waals surface area contributed by atoms with Crippen molar-refractivity contribution in [1.82, 2.24) is 15.2 Å². The molecule has 0 bridgehead atoms. The Bertz CT molecular complexity index is 425. The molecule has 0 atom stereocenters. The first kappa shape index (κ1) is 12.5. The summed E-state index contributed by atoms with van der Waals surface area (Å²) in [5, 5.41) is 2.89. The number of carbonyl (C=O) groups is 2. The van der Waals surface area contributed by atoms with E-state index in [-0.39, 0.29) is 17.9 Å². The molecular formula is C13H17N3O2. The van der Waals surface area contributed by atoms with E-state index in [9.17, 15) is 9.59 Å². The Morgan fingerprint density at radius 2 is 2.06 bits per heavy atom. The highest BCUT2D eigenvalue weighted by Crippen LogP contribution is 2.12. The molecule has 1 aliphatic heterocycles. The second kappa shape index (κ2) is 5.62. The quantitative estimate of drug-likeness (QED) is 0.841. The van der Waals surface area contributed by atoms with E-state index in [2.05, 4.69) is 10.3 Å². The van der Waals surface area contributed by atoms with E-state index in [1.165, 1.54) is 6.92 Å². The molecule has 1 N–H and O–H groups in total. The molecule has 2 rings (SSSR count). The summed E-state index contributed by atoms with van der Waals surface area (Å²) < 4.78 is 0. The molecule has 2 heterocycles. The Kier molecular flexibility index (Phi) is 3.92. The third-order valence-electron chi connectivity index (χ3n) is 3.07. The Balaban J connectivity index is 1.90. The lowest BCUT2D eigenvalue weighted by Gasteiger charge is -2.32. The molecule has 0 spiro atoms. The summed E-state index contributed by atoms with van der Waals surface area (Å²) >= 11 is 0. The zero-order chi connectivity index (χ0) is 13.0. The lowest BCUT2D eigenvalue weighted by molar-refractivity contribution is -0.119. The maximum absolute atomic E-state index is 12.1. The molecule has 1 fully saturated rings. The van der Waals surface area contributed by atoms with Gasteiger partial charge in [0.1, 0.15) is 5.69 Å². The van der Waals surface area contributed by atoms with Gasteiger partial charge < -0.3 is 10.2 Å². The molecule has 0 radical (unpaired) electrons. The van der Waals surface area contributed by atoms with Gasteiger partial charge in [-0.2, -0.15) is 0 Å². The van der Waals surface area contributed by atoms with E-state index in [0.29, 0.717) is 18.8 Å². The van der Waals surface area contributed by atoms with Gasteiger partial charge in [-0.3, -0.25) is 14.6 Å². The van der Waals surface area contributed by atoms with Crippen molar-refractivity contribution in [3.05, 3.63) is 30.1 Å². The van der Waals surface area contributed by atoms with Crippen LogP contribution in [0.2, 0.25) is 0 Å². The van der Waals surface area contributed by atoms with Crippen LogP contribution in [0.3, 0.4) is 0 Å². The first-order valence-corrected chi connectivity index (χ1v) is 6.14. The van der Waals surface area contributed by atoms with Crippen LogP contribution < -0.4 is 5.32 Å². The maximum Gasteiger partial charge on any atom is 0.272 e. The van der Waals surface area contributed by atoms with Gasteiger partial charge in [-0.25, -0.2) is 0 Å². The number of nitrogens with one attached hydrogen (secondary N) is 1. The van der Waals surface area contributed by atoms with Crippen LogP contribution in [-0.4, -0.2) is 40.8 Å². The van der Waals surface area contributed by atoms with E-state index in [1.807, 2.05) is 6.07 Å². The molecule has 5 nitrogen and oxygen atoms in total. The van der Waals surface area contributed by atoms with E-state index < -0.39 is 0 Å². The fourth-order valence-corrected chi connectivity index (χ4v) is 2.17. The second-order valence-electron chi connectivity index (χ2n) is 4.48. The van der Waals surface area contributed by atoms with Crippen LogP contribution in [0.5, 0.6) is 0 Å². The summed E-state index contributed by atoms with van der Waals surface area (Å²) in [5.41, 5.74) is 0.482. The van der Waals surface area contributed by atoms with Gasteiger partial charge in [0, 0.05) is 32.3 Å². The number of hydrogen-bond donors (Lipinski definition) is 1. The predicted octanol–water partition coefficient (Wildman–Crippen LogP) is 0.822. The van der Waals surface area contributed by atoms with Crippen molar-refractivity contribution in [3.8, 4) is 0 Å². The van der Waals surface area contributed by atoms with Crippen LogP contribution in [0.25, 0.3) is 0 Å². The van der Waals surface area contributed by atoms with Crippen LogP contribution in [0.1, 0.15) is 30.3 Å². The summed E-state index contributed by atoms with van der Waals surface area (Å²) in [7, 11) is 0. The third kappa shape index (κ3) is 3.06. The van der Waals surface area contributed by atoms with Gasteiger partial charge in [-0.1, -0.05) is 6.07 Å². The van der Waals surface area contributed by atoms with Crippen LogP contribution in [0.15, 0.2) is 24.4 Å². The highest BCUT2D eigenvalue weighted by Gasteiger charge is 2.24. The Morgan fingerprint density at radius 3 is 2.61 bits per heavy atom. The topological polar surface area (TPSA) is 62.3 Å². The van der Waals surface area contributed by atoms with Gasteiger partial charge in [-0.15, -0.1) is 0 Å². The van der Waals surface area contributed by atoms with Crippen molar-refractivity contribution in [2.75, 3.05) is 13.1 Å². The number of carbonyl (C=O) groups excluding carboxylic acids is 2. The van der Waals surface area contributed by atoms with Gasteiger partial charge in [0.25, 0.3) is 5.91 Å². The van der Waals surface area contributed by atoms with Gasteiger partial charge in [0.2, 0.25) is 5.91 Å². The number of amides is 2. The van der Waals surface area contributed by atoms with E-state index in [4.69, 9.17) is 0 Å². The molecule has 0 saturated carbocycles. The Morgan fingerprint density at radius 1 is 1.33 bits per heavy atom. The minimum absolute atomic E-state index is 0.00972. The molecule has 18 heavy (non-hydrogen) atoms. The minimum atomic E-state index is -0.0307. The Labute approximate surface area is 106 Å². The fraction of sp³-hybridized carbons (Fsp3) is 0.462. The van der Waals surface area contributed by atoms with Crippen LogP contribution >= 0.6 is 0 Å². The first-order chi connectivity index (χ1) is 8.66. The molecule has 1 aromatic heterocycles. The molecule has 5 heteroatoms. The average molecular weight is 247 g/mol. The minimum Gasteiger partial charge on any atom is -0.353 e. The van der Waals surface area contributed by atoms with Crippen molar-refractivity contribution in [2.24, 2.45) is 0 Å². The number of likely N-dealkylation sites (tertiary alicyclic amines) is 1. The normalized spacial score (nSPS) is 16.4. The number of nitrogens with zero attached hydrogens (tertiary/aromatic N) is 2. The maximum atomic E-state index is 12.1. The molecule has 0 unspecified atom stereocenters. The second-order valence-corrected chi connectivity index (χ2v) is 4.48. The van der Waals surface area contributed by atoms with Gasteiger partial charge in [-0.05, 0) is 25.0 Å². The van der Waals surface area contributed by atoms with Crippen LogP contribution in [0, 0.1) is 0 Å². The summed E-state index contributed by atoms with van der Waals surface area (Å²) in [6.07, 6.45) is 3.23. The summed E-state index contributed by atoms with van der Waals surface area (Å²) in [6, 6.07) is 5.52. The number of pyridine rings is 1. The molecule has 1 aliphatic rings. The Hall–Kier alpha value is -1.91. The summed E-state index contributed by atoms with van der Waals surface area (Å²) in [5.74, 6) is -0.0404. The molecule has 0 aliphatic carbocycles. The molecule has 0 aromatic carbocycles. The number of hydrogen-bond acceptors (Lipinski definition) is 3.